The topological polar surface area (TPSA) is 9.23 Å². The second kappa shape index (κ2) is 4.40. The van der Waals surface area contributed by atoms with Crippen LogP contribution in [0.3, 0.4) is 0 Å². The third kappa shape index (κ3) is 1.83. The minimum absolute atomic E-state index is 0.239. The predicted molar refractivity (Wildman–Crippen MR) is 75.8 cm³/mol. The summed E-state index contributed by atoms with van der Waals surface area (Å²) in [6.07, 6.45) is 1.57. The summed E-state index contributed by atoms with van der Waals surface area (Å²) in [6, 6.07) is 13.1. The molecule has 0 spiro atoms. The molecule has 0 bridgehead atoms. The van der Waals surface area contributed by atoms with Gasteiger partial charge in [-0.1, -0.05) is 50.2 Å². The maximum absolute atomic E-state index is 6.25. The summed E-state index contributed by atoms with van der Waals surface area (Å²) in [5, 5.41) is 2.76. The van der Waals surface area contributed by atoms with Crippen molar-refractivity contribution in [2.45, 2.75) is 39.4 Å². The molecule has 1 heteroatoms. The van der Waals surface area contributed by atoms with Crippen molar-refractivity contribution in [1.29, 1.82) is 0 Å². The lowest BCUT2D eigenvalue weighted by Crippen LogP contribution is -2.18. The van der Waals surface area contributed by atoms with Crippen LogP contribution < -0.4 is 0 Å². The number of hydrogen-bond donors (Lipinski definition) is 0. The predicted octanol–water partition coefficient (Wildman–Crippen LogP) is 4.50. The van der Waals surface area contributed by atoms with Crippen LogP contribution in [0.15, 0.2) is 36.4 Å². The summed E-state index contributed by atoms with van der Waals surface area (Å²) >= 11 is 0. The highest BCUT2D eigenvalue weighted by atomic mass is 16.5. The van der Waals surface area contributed by atoms with Gasteiger partial charge in [-0.25, -0.2) is 0 Å². The van der Waals surface area contributed by atoms with E-state index in [9.17, 15) is 0 Å². The van der Waals surface area contributed by atoms with Crippen molar-refractivity contribution in [2.75, 3.05) is 0 Å². The Bertz CT molecular complexity index is 566. The fourth-order valence-corrected chi connectivity index (χ4v) is 2.74. The fraction of sp³-hybridized carbons (Fsp3) is 0.412. The van der Waals surface area contributed by atoms with E-state index in [2.05, 4.69) is 57.2 Å². The zero-order valence-electron chi connectivity index (χ0n) is 11.3. The van der Waals surface area contributed by atoms with Gasteiger partial charge in [-0.05, 0) is 34.7 Å². The molecule has 1 nitrogen and oxygen atoms in total. The summed E-state index contributed by atoms with van der Waals surface area (Å²) in [6.45, 7) is 6.61. The highest BCUT2D eigenvalue weighted by Gasteiger charge is 2.26. The van der Waals surface area contributed by atoms with Crippen molar-refractivity contribution >= 4 is 10.8 Å². The second-order valence-corrected chi connectivity index (χ2v) is 5.64. The highest BCUT2D eigenvalue weighted by Crippen LogP contribution is 2.39. The summed E-state index contributed by atoms with van der Waals surface area (Å²) < 4.78 is 6.25. The van der Waals surface area contributed by atoms with E-state index in [1.807, 2.05) is 0 Å². The minimum Gasteiger partial charge on any atom is -0.370 e. The lowest BCUT2D eigenvalue weighted by Gasteiger charge is -2.22. The van der Waals surface area contributed by atoms with Crippen molar-refractivity contribution in [3.8, 4) is 0 Å². The normalized spacial score (nSPS) is 19.7. The molecule has 0 aromatic heterocycles. The Kier molecular flexibility index (Phi) is 2.87. The van der Waals surface area contributed by atoms with Gasteiger partial charge in [0.1, 0.15) is 0 Å². The van der Waals surface area contributed by atoms with Crippen molar-refractivity contribution in [1.82, 2.24) is 0 Å². The molecule has 0 saturated heterocycles. The first-order chi connectivity index (χ1) is 8.66. The number of benzene rings is 2. The lowest BCUT2D eigenvalue weighted by molar-refractivity contribution is -0.0234. The van der Waals surface area contributed by atoms with Gasteiger partial charge in [0.05, 0.1) is 12.2 Å². The number of rotatable bonds is 3. The van der Waals surface area contributed by atoms with Crippen LogP contribution in [0.1, 0.15) is 38.0 Å². The fourth-order valence-electron chi connectivity index (χ4n) is 2.74. The summed E-state index contributed by atoms with van der Waals surface area (Å²) in [5.41, 5.74) is 2.81. The van der Waals surface area contributed by atoms with Gasteiger partial charge in [-0.3, -0.25) is 0 Å². The lowest BCUT2D eigenvalue weighted by atomic mass is 10.0. The van der Waals surface area contributed by atoms with Gasteiger partial charge in [0.2, 0.25) is 0 Å². The van der Waals surface area contributed by atoms with Gasteiger partial charge in [-0.15, -0.1) is 0 Å². The number of hydrogen-bond acceptors (Lipinski definition) is 1. The Balaban J connectivity index is 1.98. The largest absolute Gasteiger partial charge is 0.370 e. The SMILES string of the molecule is CC(C)C(C)OC1Cc2cccc3cccc1c23. The van der Waals surface area contributed by atoms with Gasteiger partial charge < -0.3 is 4.74 Å². The van der Waals surface area contributed by atoms with E-state index >= 15 is 0 Å². The van der Waals surface area contributed by atoms with Crippen LogP contribution in [0.2, 0.25) is 0 Å². The van der Waals surface area contributed by atoms with E-state index in [-0.39, 0.29) is 6.10 Å². The van der Waals surface area contributed by atoms with Crippen molar-refractivity contribution in [2.24, 2.45) is 5.92 Å². The molecule has 1 aliphatic carbocycles. The van der Waals surface area contributed by atoms with E-state index in [0.717, 1.165) is 6.42 Å². The molecule has 2 unspecified atom stereocenters. The Morgan fingerprint density at radius 1 is 1.06 bits per heavy atom. The molecular formula is C17H20O. The Morgan fingerprint density at radius 2 is 1.78 bits per heavy atom. The van der Waals surface area contributed by atoms with Gasteiger partial charge >= 0.3 is 0 Å². The van der Waals surface area contributed by atoms with Gasteiger partial charge in [0.25, 0.3) is 0 Å². The molecule has 3 rings (SSSR count). The van der Waals surface area contributed by atoms with Crippen molar-refractivity contribution in [3.63, 3.8) is 0 Å². The van der Waals surface area contributed by atoms with Crippen molar-refractivity contribution in [3.05, 3.63) is 47.5 Å². The van der Waals surface area contributed by atoms with E-state index in [1.54, 1.807) is 0 Å². The zero-order valence-corrected chi connectivity index (χ0v) is 11.3. The molecule has 0 aliphatic heterocycles. The molecule has 0 heterocycles. The average Bonchev–Trinajstić information content (AvgIpc) is 2.70. The van der Waals surface area contributed by atoms with E-state index in [0.29, 0.717) is 12.0 Å². The van der Waals surface area contributed by atoms with Crippen LogP contribution >= 0.6 is 0 Å². The van der Waals surface area contributed by atoms with Gasteiger partial charge in [0, 0.05) is 6.42 Å². The summed E-state index contributed by atoms with van der Waals surface area (Å²) in [5.74, 6) is 0.563. The molecule has 2 aromatic carbocycles. The third-order valence-corrected chi connectivity index (χ3v) is 4.09. The van der Waals surface area contributed by atoms with E-state index < -0.39 is 0 Å². The van der Waals surface area contributed by atoms with Crippen LogP contribution in [-0.2, 0) is 11.2 Å². The van der Waals surface area contributed by atoms with Crippen LogP contribution in [-0.4, -0.2) is 6.10 Å². The molecular weight excluding hydrogens is 220 g/mol. The maximum Gasteiger partial charge on any atom is 0.0875 e. The van der Waals surface area contributed by atoms with Crippen LogP contribution in [0.5, 0.6) is 0 Å². The number of ether oxygens (including phenoxy) is 1. The minimum atomic E-state index is 0.239. The quantitative estimate of drug-likeness (QED) is 0.767. The Morgan fingerprint density at radius 3 is 2.50 bits per heavy atom. The first-order valence-electron chi connectivity index (χ1n) is 6.83. The molecule has 18 heavy (non-hydrogen) atoms. The standard InChI is InChI=1S/C17H20O/c1-11(2)12(3)18-16-10-14-8-4-6-13-7-5-9-15(16)17(13)14/h4-9,11-12,16H,10H2,1-3H3. The molecule has 1 aliphatic rings. The molecule has 94 valence electrons. The third-order valence-electron chi connectivity index (χ3n) is 4.09. The molecule has 0 radical (unpaired) electrons. The molecule has 0 N–H and O–H groups in total. The molecule has 0 saturated carbocycles. The molecule has 2 aromatic rings. The first-order valence-corrected chi connectivity index (χ1v) is 6.83. The van der Waals surface area contributed by atoms with Crippen LogP contribution in [0.25, 0.3) is 10.8 Å². The monoisotopic (exact) mass is 240 g/mol. The van der Waals surface area contributed by atoms with Crippen LogP contribution in [0.4, 0.5) is 0 Å². The van der Waals surface area contributed by atoms with Gasteiger partial charge in [0.15, 0.2) is 0 Å². The van der Waals surface area contributed by atoms with E-state index in [1.165, 1.54) is 21.9 Å². The summed E-state index contributed by atoms with van der Waals surface area (Å²) in [7, 11) is 0. The van der Waals surface area contributed by atoms with Crippen molar-refractivity contribution < 1.29 is 4.74 Å². The Hall–Kier alpha value is -1.34. The molecule has 0 amide bonds. The second-order valence-electron chi connectivity index (χ2n) is 5.64. The Labute approximate surface area is 109 Å². The van der Waals surface area contributed by atoms with Gasteiger partial charge in [-0.2, -0.15) is 0 Å². The van der Waals surface area contributed by atoms with Crippen LogP contribution in [0, 0.1) is 5.92 Å². The zero-order chi connectivity index (χ0) is 12.7. The summed E-state index contributed by atoms with van der Waals surface area (Å²) in [4.78, 5) is 0. The molecule has 2 atom stereocenters. The highest BCUT2D eigenvalue weighted by molar-refractivity contribution is 5.91. The molecule has 0 fully saturated rings. The smallest absolute Gasteiger partial charge is 0.0875 e. The first kappa shape index (κ1) is 11.7. The van der Waals surface area contributed by atoms with E-state index in [4.69, 9.17) is 4.74 Å². The maximum atomic E-state index is 6.25. The average molecular weight is 240 g/mol.